The number of rotatable bonds is 6. The Morgan fingerprint density at radius 1 is 1.12 bits per heavy atom. The second-order valence-corrected chi connectivity index (χ2v) is 6.53. The highest BCUT2D eigenvalue weighted by Crippen LogP contribution is 2.19. The topological polar surface area (TPSA) is 59.1 Å². The molecule has 1 aromatic carbocycles. The van der Waals surface area contributed by atoms with Crippen molar-refractivity contribution in [3.05, 3.63) is 35.9 Å². The van der Waals surface area contributed by atoms with Crippen LogP contribution >= 0.6 is 0 Å². The summed E-state index contributed by atoms with van der Waals surface area (Å²) in [7, 11) is 0. The van der Waals surface area contributed by atoms with Gasteiger partial charge in [-0.2, -0.15) is 0 Å². The third kappa shape index (κ3) is 5.03. The molecule has 0 aliphatic carbocycles. The number of esters is 1. The van der Waals surface area contributed by atoms with E-state index in [1.807, 2.05) is 35.2 Å². The number of hydrogen-bond acceptors (Lipinski definition) is 5. The molecule has 2 saturated heterocycles. The van der Waals surface area contributed by atoms with Crippen LogP contribution in [-0.2, 0) is 25.7 Å². The van der Waals surface area contributed by atoms with Gasteiger partial charge < -0.3 is 14.4 Å². The molecule has 1 atom stereocenters. The number of morpholine rings is 1. The summed E-state index contributed by atoms with van der Waals surface area (Å²) in [5, 5.41) is 0. The maximum absolute atomic E-state index is 12.4. The third-order valence-corrected chi connectivity index (χ3v) is 4.84. The molecule has 0 saturated carbocycles. The molecule has 2 heterocycles. The second-order valence-electron chi connectivity index (χ2n) is 6.53. The van der Waals surface area contributed by atoms with Crippen LogP contribution in [0, 0.1) is 0 Å². The van der Waals surface area contributed by atoms with E-state index in [-0.39, 0.29) is 17.9 Å². The van der Waals surface area contributed by atoms with Gasteiger partial charge in [0.2, 0.25) is 5.91 Å². The average molecular weight is 346 g/mol. The van der Waals surface area contributed by atoms with Crippen LogP contribution in [0.1, 0.15) is 24.8 Å². The van der Waals surface area contributed by atoms with Crippen molar-refractivity contribution in [3.8, 4) is 0 Å². The Morgan fingerprint density at radius 3 is 2.64 bits per heavy atom. The van der Waals surface area contributed by atoms with Crippen LogP contribution in [-0.4, -0.2) is 67.1 Å². The minimum Gasteiger partial charge on any atom is -0.460 e. The van der Waals surface area contributed by atoms with Crippen molar-refractivity contribution in [1.29, 1.82) is 0 Å². The Balaban J connectivity index is 1.44. The van der Waals surface area contributed by atoms with E-state index in [4.69, 9.17) is 9.47 Å². The molecule has 6 nitrogen and oxygen atoms in total. The smallest absolute Gasteiger partial charge is 0.323 e. The predicted molar refractivity (Wildman–Crippen MR) is 92.8 cm³/mol. The van der Waals surface area contributed by atoms with Gasteiger partial charge in [0.1, 0.15) is 12.6 Å². The molecule has 6 heteroatoms. The van der Waals surface area contributed by atoms with E-state index in [0.717, 1.165) is 24.9 Å². The van der Waals surface area contributed by atoms with E-state index in [1.165, 1.54) is 0 Å². The maximum atomic E-state index is 12.4. The van der Waals surface area contributed by atoms with Crippen LogP contribution in [0.4, 0.5) is 0 Å². The second kappa shape index (κ2) is 8.97. The molecule has 1 unspecified atom stereocenters. The maximum Gasteiger partial charge on any atom is 0.323 e. The fourth-order valence-corrected chi connectivity index (χ4v) is 3.40. The first-order valence-electron chi connectivity index (χ1n) is 9.04. The molecule has 0 radical (unpaired) electrons. The number of benzene rings is 1. The van der Waals surface area contributed by atoms with Crippen LogP contribution in [0.25, 0.3) is 0 Å². The summed E-state index contributed by atoms with van der Waals surface area (Å²) in [6.07, 6.45) is 2.22. The number of likely N-dealkylation sites (tertiary alicyclic amines) is 1. The Bertz CT molecular complexity index is 572. The number of ether oxygens (including phenoxy) is 2. The Hall–Kier alpha value is -1.92. The molecule has 25 heavy (non-hydrogen) atoms. The SMILES string of the molecule is O=C(OCc1ccccc1)C1CCCN1CCC(=O)N1CCOCC1. The van der Waals surface area contributed by atoms with Gasteiger partial charge in [-0.1, -0.05) is 30.3 Å². The van der Waals surface area contributed by atoms with Gasteiger partial charge in [-0.15, -0.1) is 0 Å². The molecular formula is C19H26N2O4. The lowest BCUT2D eigenvalue weighted by Gasteiger charge is -2.28. The Morgan fingerprint density at radius 2 is 1.88 bits per heavy atom. The lowest BCUT2D eigenvalue weighted by atomic mass is 10.2. The fourth-order valence-electron chi connectivity index (χ4n) is 3.40. The highest BCUT2D eigenvalue weighted by atomic mass is 16.5. The van der Waals surface area contributed by atoms with Crippen molar-refractivity contribution in [3.63, 3.8) is 0 Å². The zero-order valence-electron chi connectivity index (χ0n) is 14.6. The number of carbonyl (C=O) groups excluding carboxylic acids is 2. The predicted octanol–water partition coefficient (Wildman–Crippen LogP) is 1.44. The van der Waals surface area contributed by atoms with Crippen molar-refractivity contribution >= 4 is 11.9 Å². The van der Waals surface area contributed by atoms with Crippen molar-refractivity contribution in [1.82, 2.24) is 9.80 Å². The van der Waals surface area contributed by atoms with Gasteiger partial charge in [-0.25, -0.2) is 0 Å². The van der Waals surface area contributed by atoms with E-state index in [1.54, 1.807) is 0 Å². The lowest BCUT2D eigenvalue weighted by molar-refractivity contribution is -0.150. The summed E-state index contributed by atoms with van der Waals surface area (Å²) in [5.41, 5.74) is 0.989. The summed E-state index contributed by atoms with van der Waals surface area (Å²) in [6, 6.07) is 9.47. The van der Waals surface area contributed by atoms with Gasteiger partial charge in [0.25, 0.3) is 0 Å². The molecule has 0 aromatic heterocycles. The van der Waals surface area contributed by atoms with Gasteiger partial charge in [0.15, 0.2) is 0 Å². The minimum atomic E-state index is -0.221. The van der Waals surface area contributed by atoms with Gasteiger partial charge in [-0.3, -0.25) is 14.5 Å². The standard InChI is InChI=1S/C19H26N2O4/c22-18(21-11-13-24-14-12-21)8-10-20-9-4-7-17(20)19(23)25-15-16-5-2-1-3-6-16/h1-3,5-6,17H,4,7-15H2. The summed E-state index contributed by atoms with van der Waals surface area (Å²) in [6.45, 7) is 4.33. The monoisotopic (exact) mass is 346 g/mol. The Labute approximate surface area is 148 Å². The average Bonchev–Trinajstić information content (AvgIpc) is 3.14. The lowest BCUT2D eigenvalue weighted by Crippen LogP contribution is -2.43. The van der Waals surface area contributed by atoms with Gasteiger partial charge in [0.05, 0.1) is 13.2 Å². The molecule has 1 aromatic rings. The first kappa shape index (κ1) is 17.9. The number of carbonyl (C=O) groups is 2. The zero-order valence-corrected chi connectivity index (χ0v) is 14.6. The zero-order chi connectivity index (χ0) is 17.5. The van der Waals surface area contributed by atoms with Gasteiger partial charge in [0, 0.05) is 26.1 Å². The van der Waals surface area contributed by atoms with E-state index in [9.17, 15) is 9.59 Å². The van der Waals surface area contributed by atoms with Crippen molar-refractivity contribution in [2.24, 2.45) is 0 Å². The number of hydrogen-bond donors (Lipinski definition) is 0. The van der Waals surface area contributed by atoms with Crippen LogP contribution < -0.4 is 0 Å². The summed E-state index contributed by atoms with van der Waals surface area (Å²) >= 11 is 0. The molecule has 0 spiro atoms. The van der Waals surface area contributed by atoms with Crippen LogP contribution in [0.2, 0.25) is 0 Å². The van der Waals surface area contributed by atoms with Crippen molar-refractivity contribution in [2.45, 2.75) is 31.9 Å². The minimum absolute atomic E-state index is 0.145. The molecular weight excluding hydrogens is 320 g/mol. The number of amides is 1. The van der Waals surface area contributed by atoms with E-state index in [0.29, 0.717) is 45.9 Å². The summed E-state index contributed by atoms with van der Waals surface area (Å²) < 4.78 is 10.7. The Kier molecular flexibility index (Phi) is 6.42. The van der Waals surface area contributed by atoms with Crippen LogP contribution in [0.5, 0.6) is 0 Å². The largest absolute Gasteiger partial charge is 0.460 e. The molecule has 2 aliphatic heterocycles. The van der Waals surface area contributed by atoms with E-state index < -0.39 is 0 Å². The van der Waals surface area contributed by atoms with Crippen LogP contribution in [0.15, 0.2) is 30.3 Å². The molecule has 1 amide bonds. The highest BCUT2D eigenvalue weighted by Gasteiger charge is 2.32. The van der Waals surface area contributed by atoms with Crippen LogP contribution in [0.3, 0.4) is 0 Å². The molecule has 2 aliphatic rings. The fraction of sp³-hybridized carbons (Fsp3) is 0.579. The first-order chi connectivity index (χ1) is 12.2. The molecule has 3 rings (SSSR count). The third-order valence-electron chi connectivity index (χ3n) is 4.84. The molecule has 2 fully saturated rings. The van der Waals surface area contributed by atoms with E-state index in [2.05, 4.69) is 4.90 Å². The molecule has 0 bridgehead atoms. The highest BCUT2D eigenvalue weighted by molar-refractivity contribution is 5.77. The van der Waals surface area contributed by atoms with Crippen molar-refractivity contribution in [2.75, 3.05) is 39.4 Å². The summed E-state index contributed by atoms with van der Waals surface area (Å²) in [4.78, 5) is 28.6. The number of nitrogens with zero attached hydrogens (tertiary/aromatic N) is 2. The first-order valence-corrected chi connectivity index (χ1v) is 9.04. The van der Waals surface area contributed by atoms with Gasteiger partial charge in [-0.05, 0) is 24.9 Å². The van der Waals surface area contributed by atoms with E-state index >= 15 is 0 Å². The quantitative estimate of drug-likeness (QED) is 0.730. The van der Waals surface area contributed by atoms with Crippen molar-refractivity contribution < 1.29 is 19.1 Å². The molecule has 136 valence electrons. The molecule has 0 N–H and O–H groups in total. The normalized spacial score (nSPS) is 21.3. The summed E-state index contributed by atoms with van der Waals surface area (Å²) in [5.74, 6) is -0.0354. The van der Waals surface area contributed by atoms with Gasteiger partial charge >= 0.3 is 5.97 Å².